The van der Waals surface area contributed by atoms with E-state index in [1.54, 1.807) is 12.1 Å². The molecule has 0 bridgehead atoms. The lowest BCUT2D eigenvalue weighted by Crippen LogP contribution is -2.22. The fraction of sp³-hybridized carbons (Fsp3) is 0.105. The van der Waals surface area contributed by atoms with Gasteiger partial charge in [-0.15, -0.1) is 0 Å². The van der Waals surface area contributed by atoms with Crippen molar-refractivity contribution in [3.8, 4) is 0 Å². The molecular weight excluding hydrogens is 421 g/mol. The summed E-state index contributed by atoms with van der Waals surface area (Å²) in [5.74, 6) is -0.0300. The van der Waals surface area contributed by atoms with Gasteiger partial charge in [-0.2, -0.15) is 0 Å². The Morgan fingerprint density at radius 2 is 1.81 bits per heavy atom. The Morgan fingerprint density at radius 1 is 1.08 bits per heavy atom. The average Bonchev–Trinajstić information content (AvgIpc) is 3.10. The van der Waals surface area contributed by atoms with Gasteiger partial charge >= 0.3 is 0 Å². The summed E-state index contributed by atoms with van der Waals surface area (Å²) >= 11 is 3.43. The van der Waals surface area contributed by atoms with E-state index in [4.69, 9.17) is 4.42 Å². The van der Waals surface area contributed by atoms with Gasteiger partial charge in [0.15, 0.2) is 5.76 Å². The second kappa shape index (κ2) is 8.42. The molecule has 7 heteroatoms. The Labute approximate surface area is 161 Å². The maximum absolute atomic E-state index is 12.9. The normalized spacial score (nSPS) is 11.9. The van der Waals surface area contributed by atoms with Gasteiger partial charge in [-0.05, 0) is 48.0 Å². The van der Waals surface area contributed by atoms with E-state index in [9.17, 15) is 13.4 Å². The van der Waals surface area contributed by atoms with Gasteiger partial charge in [0.05, 0.1) is 16.6 Å². The van der Waals surface area contributed by atoms with Crippen LogP contribution in [0.1, 0.15) is 21.9 Å². The first-order chi connectivity index (χ1) is 12.5. The summed E-state index contributed by atoms with van der Waals surface area (Å²) in [4.78, 5) is 12.7. The van der Waals surface area contributed by atoms with Gasteiger partial charge in [-0.1, -0.05) is 34.1 Å². The molecule has 0 spiro atoms. The molecule has 0 aliphatic rings. The highest BCUT2D eigenvalue weighted by Crippen LogP contribution is 2.17. The van der Waals surface area contributed by atoms with Crippen LogP contribution in [-0.4, -0.2) is 10.1 Å². The van der Waals surface area contributed by atoms with Crippen molar-refractivity contribution < 1.29 is 17.8 Å². The zero-order chi connectivity index (χ0) is 18.5. The van der Waals surface area contributed by atoms with Crippen LogP contribution in [0.3, 0.4) is 0 Å². The van der Waals surface area contributed by atoms with Gasteiger partial charge in [0, 0.05) is 15.9 Å². The highest BCUT2D eigenvalue weighted by Gasteiger charge is 2.14. The first-order valence-electron chi connectivity index (χ1n) is 7.77. The first kappa shape index (κ1) is 18.5. The monoisotopic (exact) mass is 435 g/mol. The third-order valence-corrected chi connectivity index (χ3v) is 5.75. The number of furan rings is 1. The Balaban J connectivity index is 1.60. The van der Waals surface area contributed by atoms with E-state index in [-0.39, 0.29) is 23.2 Å². The van der Waals surface area contributed by atoms with Crippen molar-refractivity contribution in [2.45, 2.75) is 17.2 Å². The third kappa shape index (κ3) is 4.68. The molecule has 2 aromatic carbocycles. The summed E-state index contributed by atoms with van der Waals surface area (Å²) in [5.41, 5.74) is 0.949. The smallest absolute Gasteiger partial charge is 0.287 e. The van der Waals surface area contributed by atoms with Crippen molar-refractivity contribution in [1.29, 1.82) is 0 Å². The van der Waals surface area contributed by atoms with Gasteiger partial charge in [-0.3, -0.25) is 9.00 Å². The van der Waals surface area contributed by atoms with Gasteiger partial charge in [0.25, 0.3) is 5.91 Å². The van der Waals surface area contributed by atoms with E-state index >= 15 is 0 Å². The molecule has 26 heavy (non-hydrogen) atoms. The van der Waals surface area contributed by atoms with E-state index in [1.807, 2.05) is 24.3 Å². The van der Waals surface area contributed by atoms with Crippen molar-refractivity contribution in [2.75, 3.05) is 0 Å². The largest absolute Gasteiger partial charge is 0.455 e. The Morgan fingerprint density at radius 3 is 2.54 bits per heavy atom. The zero-order valence-electron chi connectivity index (χ0n) is 13.6. The molecule has 1 aromatic heterocycles. The van der Waals surface area contributed by atoms with Crippen LogP contribution >= 0.6 is 15.9 Å². The number of nitrogens with one attached hydrogen (secondary N) is 1. The third-order valence-electron chi connectivity index (χ3n) is 3.63. The van der Waals surface area contributed by atoms with E-state index in [1.165, 1.54) is 24.3 Å². The fourth-order valence-corrected chi connectivity index (χ4v) is 3.73. The molecule has 1 N–H and O–H groups in total. The molecule has 1 amide bonds. The maximum atomic E-state index is 12.9. The van der Waals surface area contributed by atoms with Crippen molar-refractivity contribution >= 4 is 32.6 Å². The summed E-state index contributed by atoms with van der Waals surface area (Å²) < 4.78 is 31.6. The number of hydrogen-bond acceptors (Lipinski definition) is 3. The number of halogens is 2. The maximum Gasteiger partial charge on any atom is 0.287 e. The average molecular weight is 436 g/mol. The highest BCUT2D eigenvalue weighted by molar-refractivity contribution is 9.10. The molecule has 0 saturated carbocycles. The lowest BCUT2D eigenvalue weighted by Gasteiger charge is -2.05. The van der Waals surface area contributed by atoms with Crippen LogP contribution in [0.4, 0.5) is 4.39 Å². The molecular formula is C19H15BrFNO3S. The minimum Gasteiger partial charge on any atom is -0.455 e. The minimum absolute atomic E-state index is 0.114. The molecule has 0 aliphatic carbocycles. The zero-order valence-corrected chi connectivity index (χ0v) is 16.0. The number of amides is 1. The van der Waals surface area contributed by atoms with Crippen LogP contribution in [0.5, 0.6) is 0 Å². The fourth-order valence-electron chi connectivity index (χ4n) is 2.28. The summed E-state index contributed by atoms with van der Waals surface area (Å²) in [6.07, 6.45) is 0. The molecule has 0 aliphatic heterocycles. The molecule has 3 rings (SSSR count). The predicted molar refractivity (Wildman–Crippen MR) is 101 cm³/mol. The van der Waals surface area contributed by atoms with Crippen LogP contribution in [0.15, 0.2) is 74.4 Å². The Bertz CT molecular complexity index is 940. The van der Waals surface area contributed by atoms with Crippen molar-refractivity contribution in [3.63, 3.8) is 0 Å². The van der Waals surface area contributed by atoms with Gasteiger partial charge in [0.2, 0.25) is 0 Å². The number of carbonyl (C=O) groups is 1. The van der Waals surface area contributed by atoms with E-state index in [0.29, 0.717) is 17.2 Å². The molecule has 1 heterocycles. The van der Waals surface area contributed by atoms with E-state index < -0.39 is 10.8 Å². The quantitative estimate of drug-likeness (QED) is 0.623. The molecule has 4 nitrogen and oxygen atoms in total. The number of carbonyl (C=O) groups excluding carboxylic acids is 1. The standard InChI is InChI=1S/C19H15BrFNO3S/c20-17-4-2-1-3-13(17)11-22-19(23)18-10-7-15(25-18)12-26(24)16-8-5-14(21)6-9-16/h1-10H,11-12H2,(H,22,23)/t26-/m0/s1. The first-order valence-corrected chi connectivity index (χ1v) is 9.88. The summed E-state index contributed by atoms with van der Waals surface area (Å²) in [6.45, 7) is 0.359. The second-order valence-electron chi connectivity index (χ2n) is 5.48. The van der Waals surface area contributed by atoms with Gasteiger partial charge in [-0.25, -0.2) is 4.39 Å². The second-order valence-corrected chi connectivity index (χ2v) is 7.79. The van der Waals surface area contributed by atoms with E-state index in [2.05, 4.69) is 21.2 Å². The lowest BCUT2D eigenvalue weighted by atomic mass is 10.2. The minimum atomic E-state index is -1.38. The van der Waals surface area contributed by atoms with Gasteiger partial charge < -0.3 is 9.73 Å². The summed E-state index contributed by atoms with van der Waals surface area (Å²) in [7, 11) is -1.38. The van der Waals surface area contributed by atoms with Crippen LogP contribution < -0.4 is 5.32 Å². The van der Waals surface area contributed by atoms with Gasteiger partial charge in [0.1, 0.15) is 11.6 Å². The number of hydrogen-bond donors (Lipinski definition) is 1. The molecule has 134 valence electrons. The van der Waals surface area contributed by atoms with Crippen LogP contribution in [0.2, 0.25) is 0 Å². The molecule has 0 radical (unpaired) electrons. The summed E-state index contributed by atoms with van der Waals surface area (Å²) in [6, 6.07) is 16.2. The molecule has 0 fully saturated rings. The van der Waals surface area contributed by atoms with Crippen molar-refractivity contribution in [2.24, 2.45) is 0 Å². The van der Waals surface area contributed by atoms with Crippen LogP contribution in [0, 0.1) is 5.82 Å². The number of benzene rings is 2. The Kier molecular flexibility index (Phi) is 6.00. The van der Waals surface area contributed by atoms with Crippen LogP contribution in [0.25, 0.3) is 0 Å². The molecule has 0 saturated heterocycles. The molecule has 1 atom stereocenters. The topological polar surface area (TPSA) is 59.3 Å². The molecule has 3 aromatic rings. The predicted octanol–water partition coefficient (Wildman–Crippen LogP) is 4.42. The lowest BCUT2D eigenvalue weighted by molar-refractivity contribution is 0.0921. The molecule has 0 unspecified atom stereocenters. The number of rotatable bonds is 6. The van der Waals surface area contributed by atoms with Crippen molar-refractivity contribution in [3.05, 3.63) is 88.0 Å². The summed E-state index contributed by atoms with van der Waals surface area (Å²) in [5, 5.41) is 2.78. The Hall–Kier alpha value is -2.25. The highest BCUT2D eigenvalue weighted by atomic mass is 79.9. The van der Waals surface area contributed by atoms with Crippen molar-refractivity contribution in [1.82, 2.24) is 5.32 Å². The van der Waals surface area contributed by atoms with E-state index in [0.717, 1.165) is 10.0 Å². The SMILES string of the molecule is O=C(NCc1ccccc1Br)c1ccc(C[S@](=O)c2ccc(F)cc2)o1. The van der Waals surface area contributed by atoms with Crippen LogP contribution in [-0.2, 0) is 23.1 Å².